The molecule has 0 aliphatic heterocycles. The highest BCUT2D eigenvalue weighted by Crippen LogP contribution is 2.41. The molecule has 0 aromatic carbocycles. The molecule has 0 fully saturated rings. The molecular weight excluding hydrogens is 233 g/mol. The predicted molar refractivity (Wildman–Crippen MR) is 60.3 cm³/mol. The van der Waals surface area contributed by atoms with Crippen LogP contribution in [0.4, 0.5) is 0 Å². The van der Waals surface area contributed by atoms with Gasteiger partial charge in [0.05, 0.1) is 6.10 Å². The lowest BCUT2D eigenvalue weighted by Crippen LogP contribution is -2.35. The van der Waals surface area contributed by atoms with Gasteiger partial charge in [-0.05, 0) is 20.8 Å². The Morgan fingerprint density at radius 3 is 2.25 bits per heavy atom. The molecule has 2 atom stereocenters. The molecule has 0 saturated heterocycles. The summed E-state index contributed by atoms with van der Waals surface area (Å²) in [7, 11) is -0.421. The number of hydrogen-bond donors (Lipinski definition) is 1. The fourth-order valence-corrected chi connectivity index (χ4v) is 2.32. The van der Waals surface area contributed by atoms with Crippen LogP contribution in [0.1, 0.15) is 20.8 Å². The number of carbonyl (C=O) groups is 1. The van der Waals surface area contributed by atoms with Crippen LogP contribution in [-0.2, 0) is 23.4 Å². The molecule has 0 aromatic rings. The summed E-state index contributed by atoms with van der Waals surface area (Å²) in [4.78, 5) is 11.4. The average molecular weight is 253 g/mol. The van der Waals surface area contributed by atoms with Crippen molar-refractivity contribution in [2.24, 2.45) is 0 Å². The van der Waals surface area contributed by atoms with E-state index in [9.17, 15) is 9.36 Å². The second-order valence-corrected chi connectivity index (χ2v) is 5.84. The third kappa shape index (κ3) is 5.61. The van der Waals surface area contributed by atoms with Crippen molar-refractivity contribution in [3.05, 3.63) is 0 Å². The lowest BCUT2D eigenvalue weighted by atomic mass is 10.4. The van der Waals surface area contributed by atoms with Crippen molar-refractivity contribution < 1.29 is 23.4 Å². The molecule has 0 aromatic heterocycles. The smallest absolute Gasteiger partial charge is 0.323 e. The molecule has 0 aliphatic carbocycles. The van der Waals surface area contributed by atoms with E-state index in [2.05, 4.69) is 5.09 Å². The molecule has 0 rings (SSSR count). The Morgan fingerprint density at radius 2 is 1.88 bits per heavy atom. The SMILES string of the molecule is COCP(=O)(NC(C)C(=O)OC(C)C)OC. The van der Waals surface area contributed by atoms with Crippen LogP contribution < -0.4 is 5.09 Å². The van der Waals surface area contributed by atoms with E-state index in [4.69, 9.17) is 14.0 Å². The van der Waals surface area contributed by atoms with Crippen molar-refractivity contribution in [1.29, 1.82) is 0 Å². The molecular formula is C9H20NO5P. The van der Waals surface area contributed by atoms with E-state index in [0.29, 0.717) is 0 Å². The van der Waals surface area contributed by atoms with Crippen LogP contribution in [-0.4, -0.2) is 38.7 Å². The first-order valence-electron chi connectivity index (χ1n) is 4.96. The maximum atomic E-state index is 11.9. The van der Waals surface area contributed by atoms with Crippen LogP contribution >= 0.6 is 7.52 Å². The number of esters is 1. The van der Waals surface area contributed by atoms with Crippen molar-refractivity contribution in [3.8, 4) is 0 Å². The van der Waals surface area contributed by atoms with Gasteiger partial charge < -0.3 is 14.0 Å². The van der Waals surface area contributed by atoms with Gasteiger partial charge >= 0.3 is 5.97 Å². The van der Waals surface area contributed by atoms with Crippen LogP contribution in [0.5, 0.6) is 0 Å². The number of methoxy groups -OCH3 is 1. The zero-order valence-electron chi connectivity index (χ0n) is 10.4. The lowest BCUT2D eigenvalue weighted by molar-refractivity contribution is -0.149. The highest BCUT2D eigenvalue weighted by atomic mass is 31.2. The Labute approximate surface area is 96.1 Å². The molecule has 16 heavy (non-hydrogen) atoms. The Balaban J connectivity index is 4.35. The summed E-state index contributed by atoms with van der Waals surface area (Å²) in [5, 5.41) is 2.58. The van der Waals surface area contributed by atoms with E-state index in [-0.39, 0.29) is 12.5 Å². The maximum Gasteiger partial charge on any atom is 0.323 e. The predicted octanol–water partition coefficient (Wildman–Crippen LogP) is 1.36. The summed E-state index contributed by atoms with van der Waals surface area (Å²) in [5.74, 6) is -0.469. The highest BCUT2D eigenvalue weighted by Gasteiger charge is 2.28. The molecule has 2 unspecified atom stereocenters. The van der Waals surface area contributed by atoms with E-state index in [1.54, 1.807) is 20.8 Å². The van der Waals surface area contributed by atoms with Crippen molar-refractivity contribution in [2.45, 2.75) is 32.9 Å². The molecule has 0 heterocycles. The molecule has 1 N–H and O–H groups in total. The van der Waals surface area contributed by atoms with Crippen LogP contribution in [0.25, 0.3) is 0 Å². The minimum atomic E-state index is -3.13. The third-order valence-corrected chi connectivity index (χ3v) is 3.66. The van der Waals surface area contributed by atoms with Gasteiger partial charge in [-0.1, -0.05) is 0 Å². The summed E-state index contributed by atoms with van der Waals surface area (Å²) in [5.41, 5.74) is 0. The number of nitrogens with one attached hydrogen (secondary N) is 1. The highest BCUT2D eigenvalue weighted by molar-refractivity contribution is 7.56. The summed E-state index contributed by atoms with van der Waals surface area (Å²) in [6, 6.07) is -0.705. The number of hydrogen-bond acceptors (Lipinski definition) is 5. The minimum absolute atomic E-state index is 0.0944. The molecule has 0 radical (unpaired) electrons. The van der Waals surface area contributed by atoms with Gasteiger partial charge in [0.1, 0.15) is 12.4 Å². The molecule has 0 amide bonds. The lowest BCUT2D eigenvalue weighted by Gasteiger charge is -2.21. The summed E-state index contributed by atoms with van der Waals surface area (Å²) >= 11 is 0. The topological polar surface area (TPSA) is 73.9 Å². The van der Waals surface area contributed by atoms with Crippen LogP contribution in [0.3, 0.4) is 0 Å². The normalized spacial score (nSPS) is 16.9. The van der Waals surface area contributed by atoms with E-state index in [1.165, 1.54) is 14.2 Å². The van der Waals surface area contributed by atoms with Crippen LogP contribution in [0, 0.1) is 0 Å². The number of ether oxygens (including phenoxy) is 2. The van der Waals surface area contributed by atoms with Crippen molar-refractivity contribution in [2.75, 3.05) is 20.6 Å². The zero-order valence-corrected chi connectivity index (χ0v) is 11.2. The van der Waals surface area contributed by atoms with E-state index >= 15 is 0 Å². The van der Waals surface area contributed by atoms with Crippen molar-refractivity contribution in [1.82, 2.24) is 5.09 Å². The Kier molecular flexibility index (Phi) is 6.83. The molecule has 0 bridgehead atoms. The molecule has 96 valence electrons. The van der Waals surface area contributed by atoms with Crippen molar-refractivity contribution >= 4 is 13.5 Å². The number of carbonyl (C=O) groups excluding carboxylic acids is 1. The summed E-state index contributed by atoms with van der Waals surface area (Å²) in [6.45, 7) is 5.05. The second-order valence-electron chi connectivity index (χ2n) is 3.61. The summed E-state index contributed by atoms with van der Waals surface area (Å²) < 4.78 is 26.5. The largest absolute Gasteiger partial charge is 0.462 e. The first-order chi connectivity index (χ1) is 7.34. The van der Waals surface area contributed by atoms with Gasteiger partial charge in [0, 0.05) is 14.2 Å². The first kappa shape index (κ1) is 15.6. The molecule has 0 saturated carbocycles. The maximum absolute atomic E-state index is 11.9. The van der Waals surface area contributed by atoms with Gasteiger partial charge in [0.25, 0.3) is 7.52 Å². The van der Waals surface area contributed by atoms with Gasteiger partial charge in [-0.3, -0.25) is 9.36 Å². The monoisotopic (exact) mass is 253 g/mol. The fraction of sp³-hybridized carbons (Fsp3) is 0.889. The Morgan fingerprint density at radius 1 is 1.31 bits per heavy atom. The van der Waals surface area contributed by atoms with E-state index < -0.39 is 19.5 Å². The van der Waals surface area contributed by atoms with Gasteiger partial charge in [-0.25, -0.2) is 5.09 Å². The molecule has 6 nitrogen and oxygen atoms in total. The fourth-order valence-electron chi connectivity index (χ4n) is 0.995. The quantitative estimate of drug-likeness (QED) is 0.545. The Bertz CT molecular complexity index is 269. The van der Waals surface area contributed by atoms with E-state index in [0.717, 1.165) is 0 Å². The third-order valence-electron chi connectivity index (χ3n) is 1.69. The van der Waals surface area contributed by atoms with Gasteiger partial charge in [-0.15, -0.1) is 0 Å². The standard InChI is InChI=1S/C9H20NO5P/c1-7(2)15-9(11)8(3)10-16(12,14-5)6-13-4/h7-8H,6H2,1-5H3,(H,10,12). The molecule has 0 aliphatic rings. The van der Waals surface area contributed by atoms with Crippen LogP contribution in [0.2, 0.25) is 0 Å². The summed E-state index contributed by atoms with van der Waals surface area (Å²) in [6.07, 6.45) is -0.302. The van der Waals surface area contributed by atoms with Crippen molar-refractivity contribution in [3.63, 3.8) is 0 Å². The minimum Gasteiger partial charge on any atom is -0.462 e. The number of rotatable bonds is 7. The average Bonchev–Trinajstić information content (AvgIpc) is 2.17. The Hall–Kier alpha value is -0.420. The van der Waals surface area contributed by atoms with Gasteiger partial charge in [-0.2, -0.15) is 0 Å². The van der Waals surface area contributed by atoms with E-state index in [1.807, 2.05) is 0 Å². The first-order valence-corrected chi connectivity index (χ1v) is 6.77. The molecule has 7 heteroatoms. The van der Waals surface area contributed by atoms with Crippen LogP contribution in [0.15, 0.2) is 0 Å². The van der Waals surface area contributed by atoms with Gasteiger partial charge in [0.2, 0.25) is 0 Å². The van der Waals surface area contributed by atoms with Gasteiger partial charge in [0.15, 0.2) is 0 Å². The molecule has 0 spiro atoms. The second kappa shape index (κ2) is 7.01. The zero-order chi connectivity index (χ0) is 12.8.